The summed E-state index contributed by atoms with van der Waals surface area (Å²) in [6.07, 6.45) is 14.1. The third kappa shape index (κ3) is 1.57. The summed E-state index contributed by atoms with van der Waals surface area (Å²) in [5, 5.41) is 0. The number of hydrogen-bond acceptors (Lipinski definition) is 0. The largest absolute Gasteiger partial charge is 0.244 e. The maximum Gasteiger partial charge on any atom is 0.244 e. The summed E-state index contributed by atoms with van der Waals surface area (Å²) in [7, 11) is 2.04. The van der Waals surface area contributed by atoms with Gasteiger partial charge in [0.2, 0.25) is 6.33 Å². The molecule has 1 aliphatic rings. The highest BCUT2D eigenvalue weighted by Gasteiger charge is 2.14. The summed E-state index contributed by atoms with van der Waals surface area (Å²) in [4.78, 5) is 0. The number of aryl methyl sites for hydroxylation is 1. The van der Waals surface area contributed by atoms with Crippen molar-refractivity contribution in [2.75, 3.05) is 0 Å². The molecule has 1 unspecified atom stereocenters. The number of allylic oxidation sites excluding steroid dienone is 4. The average molecular weight is 175 g/mol. The Labute approximate surface area is 78.8 Å². The third-order valence-corrected chi connectivity index (χ3v) is 2.52. The van der Waals surface area contributed by atoms with E-state index in [1.807, 2.05) is 7.05 Å². The van der Waals surface area contributed by atoms with E-state index in [1.54, 1.807) is 0 Å². The molecule has 0 saturated heterocycles. The van der Waals surface area contributed by atoms with Gasteiger partial charge in [0.25, 0.3) is 0 Å². The molecule has 13 heavy (non-hydrogen) atoms. The summed E-state index contributed by atoms with van der Waals surface area (Å²) >= 11 is 0. The number of aromatic nitrogens is 2. The van der Waals surface area contributed by atoms with Gasteiger partial charge in [-0.1, -0.05) is 18.2 Å². The minimum Gasteiger partial charge on any atom is -0.240 e. The van der Waals surface area contributed by atoms with Crippen LogP contribution in [-0.2, 0) is 7.05 Å². The Balaban J connectivity index is 2.21. The Hall–Kier alpha value is -1.31. The van der Waals surface area contributed by atoms with Crippen LogP contribution in [0.25, 0.3) is 0 Å². The summed E-state index contributed by atoms with van der Waals surface area (Å²) in [6, 6.07) is 0.458. The van der Waals surface area contributed by atoms with Crippen molar-refractivity contribution in [1.82, 2.24) is 4.57 Å². The first-order valence-electron chi connectivity index (χ1n) is 4.66. The highest BCUT2D eigenvalue weighted by atomic mass is 15.1. The molecule has 0 aliphatic heterocycles. The van der Waals surface area contributed by atoms with Gasteiger partial charge in [-0.2, -0.15) is 0 Å². The number of imidazole rings is 1. The maximum absolute atomic E-state index is 2.28. The van der Waals surface area contributed by atoms with E-state index in [4.69, 9.17) is 0 Å². The van der Waals surface area contributed by atoms with Gasteiger partial charge in [0, 0.05) is 0 Å². The lowest BCUT2D eigenvalue weighted by Crippen LogP contribution is -2.24. The minimum absolute atomic E-state index is 0.458. The minimum atomic E-state index is 0.458. The first kappa shape index (κ1) is 8.30. The van der Waals surface area contributed by atoms with Gasteiger partial charge < -0.3 is 0 Å². The monoisotopic (exact) mass is 175 g/mol. The van der Waals surface area contributed by atoms with E-state index in [0.29, 0.717) is 6.04 Å². The fourth-order valence-electron chi connectivity index (χ4n) is 1.66. The first-order chi connectivity index (χ1) is 6.27. The lowest BCUT2D eigenvalue weighted by molar-refractivity contribution is -0.671. The van der Waals surface area contributed by atoms with Gasteiger partial charge in [-0.3, -0.25) is 0 Å². The van der Waals surface area contributed by atoms with Gasteiger partial charge in [-0.15, -0.1) is 0 Å². The van der Waals surface area contributed by atoms with Crippen molar-refractivity contribution in [3.05, 3.63) is 42.5 Å². The molecule has 0 aromatic carbocycles. The van der Waals surface area contributed by atoms with Crippen molar-refractivity contribution in [1.29, 1.82) is 0 Å². The zero-order valence-electron chi connectivity index (χ0n) is 8.14. The van der Waals surface area contributed by atoms with Crippen molar-refractivity contribution < 1.29 is 4.57 Å². The molecule has 0 amide bonds. The molecule has 1 aromatic heterocycles. The van der Waals surface area contributed by atoms with Crippen LogP contribution >= 0.6 is 0 Å². The van der Waals surface area contributed by atoms with E-state index in [2.05, 4.69) is 53.0 Å². The van der Waals surface area contributed by atoms with E-state index in [1.165, 1.54) is 5.57 Å². The van der Waals surface area contributed by atoms with Gasteiger partial charge in [0.05, 0.1) is 7.05 Å². The number of hydrogen-bond donors (Lipinski definition) is 0. The Morgan fingerprint density at radius 1 is 1.54 bits per heavy atom. The molecule has 0 N–H and O–H groups in total. The predicted molar refractivity (Wildman–Crippen MR) is 52.2 cm³/mol. The van der Waals surface area contributed by atoms with Gasteiger partial charge >= 0.3 is 0 Å². The van der Waals surface area contributed by atoms with Crippen LogP contribution in [0, 0.1) is 0 Å². The molecule has 2 nitrogen and oxygen atoms in total. The van der Waals surface area contributed by atoms with E-state index in [9.17, 15) is 0 Å². The van der Waals surface area contributed by atoms with Crippen LogP contribution in [0.5, 0.6) is 0 Å². The van der Waals surface area contributed by atoms with E-state index in [-0.39, 0.29) is 0 Å². The summed E-state index contributed by atoms with van der Waals surface area (Å²) < 4.78 is 4.29. The van der Waals surface area contributed by atoms with E-state index in [0.717, 1.165) is 6.42 Å². The maximum atomic E-state index is 2.28. The second-order valence-electron chi connectivity index (χ2n) is 3.54. The van der Waals surface area contributed by atoms with Gasteiger partial charge in [0.15, 0.2) is 0 Å². The molecule has 2 rings (SSSR count). The highest BCUT2D eigenvalue weighted by molar-refractivity contribution is 5.29. The third-order valence-electron chi connectivity index (χ3n) is 2.52. The van der Waals surface area contributed by atoms with Gasteiger partial charge in [-0.05, 0) is 18.9 Å². The van der Waals surface area contributed by atoms with Crippen LogP contribution in [0.2, 0.25) is 0 Å². The molecular formula is C11H15N2+. The second kappa shape index (κ2) is 3.21. The number of rotatable bonds is 2. The molecule has 0 saturated carbocycles. The first-order valence-corrected chi connectivity index (χ1v) is 4.66. The fourth-order valence-corrected chi connectivity index (χ4v) is 1.66. The Morgan fingerprint density at radius 2 is 2.38 bits per heavy atom. The van der Waals surface area contributed by atoms with Crippen molar-refractivity contribution in [2.24, 2.45) is 7.05 Å². The van der Waals surface area contributed by atoms with Crippen LogP contribution in [0.15, 0.2) is 42.5 Å². The van der Waals surface area contributed by atoms with Gasteiger partial charge in [0.1, 0.15) is 18.4 Å². The Kier molecular flexibility index (Phi) is 2.05. The zero-order chi connectivity index (χ0) is 9.26. The molecule has 0 bridgehead atoms. The van der Waals surface area contributed by atoms with Crippen molar-refractivity contribution in [2.45, 2.75) is 19.4 Å². The van der Waals surface area contributed by atoms with Crippen molar-refractivity contribution in [3.8, 4) is 0 Å². The van der Waals surface area contributed by atoms with Crippen LogP contribution in [0.4, 0.5) is 0 Å². The molecule has 1 aliphatic carbocycles. The van der Waals surface area contributed by atoms with Crippen LogP contribution < -0.4 is 4.57 Å². The predicted octanol–water partition coefficient (Wildman–Crippen LogP) is 1.76. The standard InChI is InChI=1S/C11H15N2/c1-10(11-5-3-4-6-11)13-8-7-12(2)9-13/h3,5-10H,4H2,1-2H3/q+1. The molecule has 2 heteroatoms. The topological polar surface area (TPSA) is 8.81 Å². The second-order valence-corrected chi connectivity index (χ2v) is 3.54. The van der Waals surface area contributed by atoms with Crippen molar-refractivity contribution >= 4 is 0 Å². The van der Waals surface area contributed by atoms with E-state index >= 15 is 0 Å². The normalized spacial score (nSPS) is 17.5. The quantitative estimate of drug-likeness (QED) is 0.606. The summed E-state index contributed by atoms with van der Waals surface area (Å²) in [5.74, 6) is 0. The number of nitrogens with zero attached hydrogens (tertiary/aromatic N) is 2. The van der Waals surface area contributed by atoms with Crippen LogP contribution in [-0.4, -0.2) is 4.57 Å². The molecule has 1 atom stereocenters. The average Bonchev–Trinajstić information content (AvgIpc) is 2.72. The fraction of sp³-hybridized carbons (Fsp3) is 0.364. The molecule has 0 fully saturated rings. The summed E-state index contributed by atoms with van der Waals surface area (Å²) in [6.45, 7) is 2.22. The zero-order valence-corrected chi connectivity index (χ0v) is 8.14. The highest BCUT2D eigenvalue weighted by Crippen LogP contribution is 2.21. The summed E-state index contributed by atoms with van der Waals surface area (Å²) in [5.41, 5.74) is 1.41. The molecule has 68 valence electrons. The lowest BCUT2D eigenvalue weighted by atomic mass is 10.1. The molecule has 1 aromatic rings. The SMILES string of the molecule is CC(C1=CCC=C1)n1cc[n+](C)c1. The smallest absolute Gasteiger partial charge is 0.240 e. The van der Waals surface area contributed by atoms with Gasteiger partial charge in [-0.25, -0.2) is 9.13 Å². The molecule has 1 heterocycles. The van der Waals surface area contributed by atoms with Crippen LogP contribution in [0.3, 0.4) is 0 Å². The van der Waals surface area contributed by atoms with Crippen molar-refractivity contribution in [3.63, 3.8) is 0 Å². The Morgan fingerprint density at radius 3 is 2.92 bits per heavy atom. The molecular weight excluding hydrogens is 160 g/mol. The lowest BCUT2D eigenvalue weighted by Gasteiger charge is -2.06. The van der Waals surface area contributed by atoms with Crippen LogP contribution in [0.1, 0.15) is 19.4 Å². The molecule has 0 spiro atoms. The molecule has 0 radical (unpaired) electrons. The van der Waals surface area contributed by atoms with E-state index < -0.39 is 0 Å². The Bertz CT molecular complexity index is 358.